The zero-order valence-corrected chi connectivity index (χ0v) is 12.4. The third-order valence-corrected chi connectivity index (χ3v) is 5.08. The Hall–Kier alpha value is -0.660. The Morgan fingerprint density at radius 3 is 2.12 bits per heavy atom. The van der Waals surface area contributed by atoms with Crippen molar-refractivity contribution in [2.45, 2.75) is 26.4 Å². The van der Waals surface area contributed by atoms with E-state index in [1.54, 1.807) is 27.0 Å². The number of rotatable bonds is 2. The first-order valence-electron chi connectivity index (χ1n) is 4.74. The van der Waals surface area contributed by atoms with Gasteiger partial charge < -0.3 is 14.9 Å². The summed E-state index contributed by atoms with van der Waals surface area (Å²) < 4.78 is 6.39. The van der Waals surface area contributed by atoms with Gasteiger partial charge in [0.15, 0.2) is 3.85 Å². The van der Waals surface area contributed by atoms with Gasteiger partial charge in [-0.3, -0.25) is 0 Å². The zero-order chi connectivity index (χ0) is 13.2. The van der Waals surface area contributed by atoms with Crippen molar-refractivity contribution in [3.05, 3.63) is 7.69 Å². The van der Waals surface area contributed by atoms with E-state index >= 15 is 0 Å². The lowest BCUT2D eigenvalue weighted by Gasteiger charge is -2.19. The minimum Gasteiger partial charge on any atom is -0.479 e. The Balaban J connectivity index is 3.05. The van der Waals surface area contributed by atoms with E-state index in [9.17, 15) is 4.79 Å². The van der Waals surface area contributed by atoms with E-state index in [1.165, 1.54) is 34.4 Å². The molecule has 0 spiro atoms. The molecule has 4 nitrogen and oxygen atoms in total. The zero-order valence-electron chi connectivity index (χ0n) is 9.94. The molecule has 1 aromatic heterocycles. The lowest BCUT2D eigenvalue weighted by molar-refractivity contribution is -0.146. The molecule has 0 aliphatic heterocycles. The molecule has 1 aromatic rings. The van der Waals surface area contributed by atoms with E-state index < -0.39 is 11.5 Å². The quantitative estimate of drug-likeness (QED) is 0.814. The van der Waals surface area contributed by atoms with E-state index in [0.29, 0.717) is 8.75 Å². The minimum absolute atomic E-state index is 0.378. The van der Waals surface area contributed by atoms with Gasteiger partial charge in [-0.1, -0.05) is 0 Å². The summed E-state index contributed by atoms with van der Waals surface area (Å²) in [7, 11) is 0. The average molecular weight is 294 g/mol. The largest absolute Gasteiger partial charge is 0.479 e. The highest BCUT2D eigenvalue weighted by molar-refractivity contribution is 8.08. The molecule has 1 rings (SSSR count). The number of aliphatic hydroxyl groups is 2. The van der Waals surface area contributed by atoms with Crippen LogP contribution in [0.1, 0.15) is 20.8 Å². The van der Waals surface area contributed by atoms with Crippen LogP contribution in [0.25, 0.3) is 10.9 Å². The van der Waals surface area contributed by atoms with Crippen LogP contribution in [0.4, 0.5) is 0 Å². The summed E-state index contributed by atoms with van der Waals surface area (Å²) in [6.45, 7) is 5.42. The summed E-state index contributed by atoms with van der Waals surface area (Å²) in [4.78, 5) is 12.3. The van der Waals surface area contributed by atoms with E-state index in [0.717, 1.165) is 3.85 Å². The molecular weight excluding hydrogens is 280 g/mol. The third-order valence-electron chi connectivity index (χ3n) is 1.53. The van der Waals surface area contributed by atoms with Gasteiger partial charge in [0, 0.05) is 0 Å². The van der Waals surface area contributed by atoms with Crippen molar-refractivity contribution in [3.8, 4) is 0 Å². The van der Waals surface area contributed by atoms with Crippen LogP contribution in [0, 0.1) is 0 Å². The van der Waals surface area contributed by atoms with Gasteiger partial charge in [-0.25, -0.2) is 4.79 Å². The predicted molar refractivity (Wildman–Crippen MR) is 72.9 cm³/mol. The number of hydrogen-bond acceptors (Lipinski definition) is 7. The Morgan fingerprint density at radius 2 is 1.76 bits per heavy atom. The molecule has 17 heavy (non-hydrogen) atoms. The second-order valence-electron chi connectivity index (χ2n) is 4.14. The molecule has 7 heteroatoms. The van der Waals surface area contributed by atoms with Crippen molar-refractivity contribution in [2.24, 2.45) is 0 Å². The first-order chi connectivity index (χ1) is 7.74. The van der Waals surface area contributed by atoms with Crippen molar-refractivity contribution in [3.63, 3.8) is 0 Å². The highest BCUT2D eigenvalue weighted by Gasteiger charge is 2.21. The lowest BCUT2D eigenvalue weighted by Crippen LogP contribution is -2.27. The van der Waals surface area contributed by atoms with Crippen molar-refractivity contribution >= 4 is 51.3 Å². The van der Waals surface area contributed by atoms with Crippen LogP contribution in [0.2, 0.25) is 0 Å². The van der Waals surface area contributed by atoms with Gasteiger partial charge >= 0.3 is 11.9 Å². The van der Waals surface area contributed by atoms with Gasteiger partial charge in [0.25, 0.3) is 0 Å². The fourth-order valence-corrected chi connectivity index (χ4v) is 3.70. The van der Waals surface area contributed by atoms with Crippen LogP contribution < -0.4 is 7.69 Å². The Kier molecular flexibility index (Phi) is 4.51. The molecule has 0 fully saturated rings. The first kappa shape index (κ1) is 14.4. The summed E-state index contributed by atoms with van der Waals surface area (Å²) in [5.74, 6) is -1.08. The number of esters is 1. The second kappa shape index (κ2) is 5.32. The molecule has 0 radical (unpaired) electrons. The number of aliphatic hydroxyl groups excluding tert-OH is 1. The fourth-order valence-electron chi connectivity index (χ4n) is 0.934. The smallest absolute Gasteiger partial charge is 0.347 e. The molecule has 96 valence electrons. The molecule has 1 heterocycles. The Labute approximate surface area is 111 Å². The summed E-state index contributed by atoms with van der Waals surface area (Å²) in [5.41, 5.74) is -0.532. The van der Waals surface area contributed by atoms with E-state index in [2.05, 4.69) is 0 Å². The van der Waals surface area contributed by atoms with Crippen molar-refractivity contribution in [1.29, 1.82) is 0 Å². The highest BCUT2D eigenvalue weighted by Crippen LogP contribution is 2.19. The Bertz CT molecular complexity index is 496. The number of thioether (sulfide) groups is 1. The number of ether oxygens (including phenoxy) is 1. The van der Waals surface area contributed by atoms with Gasteiger partial charge in [-0.2, -0.15) is 0 Å². The molecule has 0 saturated heterocycles. The maximum atomic E-state index is 11.8. The van der Waals surface area contributed by atoms with Crippen LogP contribution in [0.15, 0.2) is 0 Å². The molecule has 0 bridgehead atoms. The lowest BCUT2D eigenvalue weighted by atomic mass is 10.2. The molecule has 0 unspecified atom stereocenters. The highest BCUT2D eigenvalue weighted by atomic mass is 32.2. The second-order valence-corrected chi connectivity index (χ2v) is 7.51. The van der Waals surface area contributed by atoms with Gasteiger partial charge in [-0.15, -0.1) is 34.4 Å². The molecule has 2 N–H and O–H groups in total. The first-order valence-corrected chi connectivity index (χ1v) is 7.60. The van der Waals surface area contributed by atoms with Crippen LogP contribution in [-0.4, -0.2) is 28.0 Å². The van der Waals surface area contributed by atoms with Crippen LogP contribution in [0.3, 0.4) is 0 Å². The van der Waals surface area contributed by atoms with Gasteiger partial charge in [-0.05, 0) is 27.0 Å². The van der Waals surface area contributed by atoms with Gasteiger partial charge in [0.1, 0.15) is 14.4 Å². The SMILES string of the molecule is CSC(C(=O)OC(C)(C)C)=c1sc(=C(O)O)s1. The van der Waals surface area contributed by atoms with E-state index in [1.807, 2.05) is 0 Å². The van der Waals surface area contributed by atoms with Crippen molar-refractivity contribution in [1.82, 2.24) is 0 Å². The monoisotopic (exact) mass is 294 g/mol. The van der Waals surface area contributed by atoms with Gasteiger partial charge in [0.2, 0.25) is 0 Å². The summed E-state index contributed by atoms with van der Waals surface area (Å²) >= 11 is 3.63. The van der Waals surface area contributed by atoms with Crippen LogP contribution in [-0.2, 0) is 9.53 Å². The molecule has 0 atom stereocenters. The van der Waals surface area contributed by atoms with Crippen molar-refractivity contribution < 1.29 is 19.7 Å². The molecule has 0 saturated carbocycles. The third kappa shape index (κ3) is 3.93. The molecular formula is C10H14O4S3. The molecule has 0 amide bonds. The maximum absolute atomic E-state index is 11.8. The predicted octanol–water partition coefficient (Wildman–Crippen LogP) is 1.80. The molecule has 0 aliphatic rings. The summed E-state index contributed by atoms with van der Waals surface area (Å²) in [6.07, 6.45) is 1.79. The van der Waals surface area contributed by atoms with Crippen molar-refractivity contribution in [2.75, 3.05) is 6.26 Å². The standard InChI is InChI=1S/C10H14O4S3/c1-10(2,3)14-7(13)5(15-4)8-16-9(17-8)6(11)12/h11-12H,1-4H3. The van der Waals surface area contributed by atoms with E-state index in [-0.39, 0.29) is 5.97 Å². The number of carbonyl (C=O) groups excluding carboxylic acids is 1. The normalized spacial score (nSPS) is 11.3. The maximum Gasteiger partial charge on any atom is 0.347 e. The summed E-state index contributed by atoms with van der Waals surface area (Å²) in [6, 6.07) is 0. The summed E-state index contributed by atoms with van der Waals surface area (Å²) in [5, 5.41) is 17.6. The number of hydrogen-bond donors (Lipinski definition) is 2. The topological polar surface area (TPSA) is 66.8 Å². The number of carbonyl (C=O) groups is 1. The van der Waals surface area contributed by atoms with E-state index in [4.69, 9.17) is 14.9 Å². The van der Waals surface area contributed by atoms with Crippen LogP contribution in [0.5, 0.6) is 0 Å². The van der Waals surface area contributed by atoms with Crippen LogP contribution >= 0.6 is 34.4 Å². The fraction of sp³-hybridized carbons (Fsp3) is 0.500. The Morgan fingerprint density at radius 1 is 1.24 bits per heavy atom. The molecule has 0 aromatic carbocycles. The van der Waals surface area contributed by atoms with Gasteiger partial charge in [0.05, 0.1) is 0 Å². The molecule has 0 aliphatic carbocycles. The average Bonchev–Trinajstić information content (AvgIpc) is 2.05. The minimum atomic E-state index is -0.701.